The van der Waals surface area contributed by atoms with Crippen molar-refractivity contribution >= 4 is 29.1 Å². The third kappa shape index (κ3) is 4.14. The van der Waals surface area contributed by atoms with E-state index in [4.69, 9.17) is 11.6 Å². The summed E-state index contributed by atoms with van der Waals surface area (Å²) in [5.41, 5.74) is 2.99. The number of aromatic nitrogens is 4. The van der Waals surface area contributed by atoms with Crippen LogP contribution in [0.1, 0.15) is 11.1 Å². The van der Waals surface area contributed by atoms with E-state index in [1.54, 1.807) is 18.6 Å². The Kier molecular flexibility index (Phi) is 4.63. The van der Waals surface area contributed by atoms with E-state index in [1.807, 2.05) is 37.3 Å². The number of pyridine rings is 1. The van der Waals surface area contributed by atoms with Crippen LogP contribution in [0.4, 0.5) is 17.5 Å². The lowest BCUT2D eigenvalue weighted by molar-refractivity contribution is 0.946. The van der Waals surface area contributed by atoms with Gasteiger partial charge in [-0.15, -0.1) is 5.10 Å². The molecule has 23 heavy (non-hydrogen) atoms. The van der Waals surface area contributed by atoms with Crippen molar-refractivity contribution < 1.29 is 0 Å². The highest BCUT2D eigenvalue weighted by molar-refractivity contribution is 6.30. The molecule has 2 aromatic heterocycles. The largest absolute Gasteiger partial charge is 0.349 e. The molecule has 116 valence electrons. The van der Waals surface area contributed by atoms with E-state index >= 15 is 0 Å². The average molecular weight is 327 g/mol. The van der Waals surface area contributed by atoms with Crippen molar-refractivity contribution in [2.45, 2.75) is 13.5 Å². The number of aryl methyl sites for hydroxylation is 1. The second kappa shape index (κ2) is 7.02. The predicted molar refractivity (Wildman–Crippen MR) is 90.9 cm³/mol. The average Bonchev–Trinajstić information content (AvgIpc) is 2.58. The van der Waals surface area contributed by atoms with Crippen LogP contribution >= 0.6 is 11.6 Å². The van der Waals surface area contributed by atoms with Crippen LogP contribution in [0.15, 0.2) is 48.9 Å². The monoisotopic (exact) mass is 326 g/mol. The fraction of sp³-hybridized carbons (Fsp3) is 0.125. The summed E-state index contributed by atoms with van der Waals surface area (Å²) in [6.45, 7) is 2.57. The fourth-order valence-corrected chi connectivity index (χ4v) is 2.16. The summed E-state index contributed by atoms with van der Waals surface area (Å²) in [6.07, 6.45) is 5.09. The Morgan fingerprint density at radius 2 is 2.09 bits per heavy atom. The standard InChI is InChI=1S/C16H15ClN6/c1-11-4-5-13(17)7-14(11)21-15-10-20-23-16(22-15)19-9-12-3-2-6-18-8-12/h2-8,10H,9H2,1H3,(H2,19,21,22,23). The molecule has 0 atom stereocenters. The van der Waals surface area contributed by atoms with E-state index in [1.165, 1.54) is 0 Å². The maximum atomic E-state index is 6.03. The maximum Gasteiger partial charge on any atom is 0.244 e. The van der Waals surface area contributed by atoms with Gasteiger partial charge in [-0.25, -0.2) is 0 Å². The van der Waals surface area contributed by atoms with Gasteiger partial charge >= 0.3 is 0 Å². The lowest BCUT2D eigenvalue weighted by atomic mass is 10.2. The number of nitrogens with one attached hydrogen (secondary N) is 2. The number of nitrogens with zero attached hydrogens (tertiary/aromatic N) is 4. The van der Waals surface area contributed by atoms with E-state index in [9.17, 15) is 0 Å². The topological polar surface area (TPSA) is 75.6 Å². The molecule has 0 spiro atoms. The zero-order valence-electron chi connectivity index (χ0n) is 12.5. The molecule has 0 radical (unpaired) electrons. The SMILES string of the molecule is Cc1ccc(Cl)cc1Nc1cnnc(NCc2cccnc2)n1. The third-order valence-corrected chi connectivity index (χ3v) is 3.43. The number of halogens is 1. The summed E-state index contributed by atoms with van der Waals surface area (Å²) >= 11 is 6.03. The van der Waals surface area contributed by atoms with Crippen LogP contribution in [0, 0.1) is 6.92 Å². The summed E-state index contributed by atoms with van der Waals surface area (Å²) in [4.78, 5) is 8.46. The van der Waals surface area contributed by atoms with Gasteiger partial charge in [-0.1, -0.05) is 23.7 Å². The minimum Gasteiger partial charge on any atom is -0.349 e. The van der Waals surface area contributed by atoms with Crippen LogP contribution in [0.25, 0.3) is 0 Å². The molecule has 0 saturated carbocycles. The van der Waals surface area contributed by atoms with Gasteiger partial charge in [0.05, 0.1) is 6.20 Å². The minimum absolute atomic E-state index is 0.443. The Bertz CT molecular complexity index is 794. The first-order valence-electron chi connectivity index (χ1n) is 7.06. The number of hydrogen-bond donors (Lipinski definition) is 2. The molecular formula is C16H15ClN6. The molecule has 7 heteroatoms. The fourth-order valence-electron chi connectivity index (χ4n) is 1.99. The van der Waals surface area contributed by atoms with Crippen LogP contribution in [0.2, 0.25) is 5.02 Å². The normalized spacial score (nSPS) is 10.3. The highest BCUT2D eigenvalue weighted by atomic mass is 35.5. The van der Waals surface area contributed by atoms with Gasteiger partial charge in [-0.3, -0.25) is 4.98 Å². The van der Waals surface area contributed by atoms with Crippen LogP contribution in [-0.4, -0.2) is 20.2 Å². The first-order chi connectivity index (χ1) is 11.2. The van der Waals surface area contributed by atoms with Gasteiger partial charge in [0.15, 0.2) is 5.82 Å². The zero-order chi connectivity index (χ0) is 16.1. The molecular weight excluding hydrogens is 312 g/mol. The van der Waals surface area contributed by atoms with Gasteiger partial charge in [0.2, 0.25) is 5.95 Å². The number of benzene rings is 1. The summed E-state index contributed by atoms with van der Waals surface area (Å²) < 4.78 is 0. The molecule has 0 fully saturated rings. The van der Waals surface area contributed by atoms with E-state index < -0.39 is 0 Å². The van der Waals surface area contributed by atoms with Crippen molar-refractivity contribution in [3.8, 4) is 0 Å². The maximum absolute atomic E-state index is 6.03. The Morgan fingerprint density at radius 1 is 1.17 bits per heavy atom. The minimum atomic E-state index is 0.443. The molecule has 2 heterocycles. The van der Waals surface area contributed by atoms with E-state index in [2.05, 4.69) is 30.8 Å². The van der Waals surface area contributed by atoms with Gasteiger partial charge in [0.25, 0.3) is 0 Å². The second-order valence-corrected chi connectivity index (χ2v) is 5.40. The third-order valence-electron chi connectivity index (χ3n) is 3.19. The summed E-state index contributed by atoms with van der Waals surface area (Å²) in [7, 11) is 0. The molecule has 0 aliphatic heterocycles. The van der Waals surface area contributed by atoms with Crippen molar-refractivity contribution in [1.82, 2.24) is 20.2 Å². The lowest BCUT2D eigenvalue weighted by Crippen LogP contribution is -2.06. The Balaban J connectivity index is 1.71. The molecule has 3 aromatic rings. The number of anilines is 3. The first-order valence-corrected chi connectivity index (χ1v) is 7.44. The highest BCUT2D eigenvalue weighted by Gasteiger charge is 2.04. The first kappa shape index (κ1) is 15.2. The van der Waals surface area contributed by atoms with Crippen molar-refractivity contribution in [3.63, 3.8) is 0 Å². The Labute approximate surface area is 139 Å². The number of rotatable bonds is 5. The number of hydrogen-bond acceptors (Lipinski definition) is 6. The summed E-state index contributed by atoms with van der Waals surface area (Å²) in [6, 6.07) is 9.50. The quantitative estimate of drug-likeness (QED) is 0.746. The smallest absolute Gasteiger partial charge is 0.244 e. The molecule has 0 unspecified atom stereocenters. The summed E-state index contributed by atoms with van der Waals surface area (Å²) in [5.74, 6) is 1.04. The van der Waals surface area contributed by atoms with Crippen LogP contribution in [0.5, 0.6) is 0 Å². The van der Waals surface area contributed by atoms with Gasteiger partial charge in [0, 0.05) is 29.6 Å². The van der Waals surface area contributed by atoms with Crippen molar-refractivity contribution in [2.75, 3.05) is 10.6 Å². The molecule has 3 rings (SSSR count). The van der Waals surface area contributed by atoms with Gasteiger partial charge in [-0.05, 0) is 36.2 Å². The Hall–Kier alpha value is -2.73. The molecule has 0 amide bonds. The van der Waals surface area contributed by atoms with E-state index in [-0.39, 0.29) is 0 Å². The molecule has 0 saturated heterocycles. The Morgan fingerprint density at radius 3 is 2.91 bits per heavy atom. The zero-order valence-corrected chi connectivity index (χ0v) is 13.2. The second-order valence-electron chi connectivity index (χ2n) is 4.96. The molecule has 0 aliphatic carbocycles. The molecule has 0 aliphatic rings. The van der Waals surface area contributed by atoms with Crippen molar-refractivity contribution in [2.24, 2.45) is 0 Å². The van der Waals surface area contributed by atoms with Gasteiger partial charge in [0.1, 0.15) is 0 Å². The molecule has 1 aromatic carbocycles. The van der Waals surface area contributed by atoms with Gasteiger partial charge < -0.3 is 10.6 Å². The van der Waals surface area contributed by atoms with Crippen molar-refractivity contribution in [3.05, 3.63) is 65.1 Å². The van der Waals surface area contributed by atoms with Crippen LogP contribution in [-0.2, 0) is 6.54 Å². The molecule has 6 nitrogen and oxygen atoms in total. The van der Waals surface area contributed by atoms with Crippen molar-refractivity contribution in [1.29, 1.82) is 0 Å². The summed E-state index contributed by atoms with van der Waals surface area (Å²) in [5, 5.41) is 14.9. The molecule has 2 N–H and O–H groups in total. The lowest BCUT2D eigenvalue weighted by Gasteiger charge is -2.10. The predicted octanol–water partition coefficient (Wildman–Crippen LogP) is 3.58. The highest BCUT2D eigenvalue weighted by Crippen LogP contribution is 2.23. The van der Waals surface area contributed by atoms with E-state index in [0.717, 1.165) is 16.8 Å². The molecule has 0 bridgehead atoms. The van der Waals surface area contributed by atoms with E-state index in [0.29, 0.717) is 23.3 Å². The van der Waals surface area contributed by atoms with Crippen LogP contribution < -0.4 is 10.6 Å². The van der Waals surface area contributed by atoms with Gasteiger partial charge in [-0.2, -0.15) is 10.1 Å². The van der Waals surface area contributed by atoms with Crippen LogP contribution in [0.3, 0.4) is 0 Å².